The second kappa shape index (κ2) is 14.2. The van der Waals surface area contributed by atoms with Gasteiger partial charge in [0, 0.05) is 36.6 Å². The van der Waals surface area contributed by atoms with Gasteiger partial charge in [-0.15, -0.1) is 0 Å². The summed E-state index contributed by atoms with van der Waals surface area (Å²) < 4.78 is 31.9. The molecule has 11 heteroatoms. The summed E-state index contributed by atoms with van der Waals surface area (Å²) in [4.78, 5) is 33.7. The standard InChI is InChI=1S/C33H40F2N6O2S/c1-23(25-8-7-9-26(16-25)33(34,35)18-24-19-37-20-24)40-29-27-17-28(32(21-36)10-14-44-15-11-32)31(43)41(30(27)39-22-38-29)12-5-3-2-4-6-13-42/h7-9,13,16-17,22-24,37H,2-6,10-12,14-15,18-20H2,1H3,(H,38,39,40)/t23-/m1/s1. The van der Waals surface area contributed by atoms with Gasteiger partial charge in [0.05, 0.1) is 16.9 Å². The Hall–Kier alpha value is -3.36. The lowest BCUT2D eigenvalue weighted by molar-refractivity contribution is -0.107. The molecule has 0 saturated carbocycles. The smallest absolute Gasteiger partial charge is 0.273 e. The Morgan fingerprint density at radius 3 is 2.68 bits per heavy atom. The largest absolute Gasteiger partial charge is 0.363 e. The van der Waals surface area contributed by atoms with Crippen LogP contribution in [0.3, 0.4) is 0 Å². The predicted octanol–water partition coefficient (Wildman–Crippen LogP) is 6.10. The predicted molar refractivity (Wildman–Crippen MR) is 170 cm³/mol. The van der Waals surface area contributed by atoms with Crippen LogP contribution in [-0.2, 0) is 22.7 Å². The summed E-state index contributed by atoms with van der Waals surface area (Å²) in [5, 5.41) is 17.4. The molecule has 0 unspecified atom stereocenters. The molecule has 2 fully saturated rings. The van der Waals surface area contributed by atoms with Crippen molar-refractivity contribution in [3.63, 3.8) is 0 Å². The zero-order valence-corrected chi connectivity index (χ0v) is 26.0. The number of nitrogens with one attached hydrogen (secondary N) is 2. The Labute approximate surface area is 261 Å². The number of pyridine rings is 1. The summed E-state index contributed by atoms with van der Waals surface area (Å²) in [6, 6.07) is 10.4. The maximum atomic E-state index is 15.1. The molecule has 0 aliphatic carbocycles. The van der Waals surface area contributed by atoms with Crippen molar-refractivity contribution in [3.8, 4) is 6.07 Å². The van der Waals surface area contributed by atoms with Crippen LogP contribution in [0.15, 0.2) is 41.5 Å². The minimum Gasteiger partial charge on any atom is -0.363 e. The maximum absolute atomic E-state index is 15.1. The second-order valence-electron chi connectivity index (χ2n) is 12.1. The number of rotatable bonds is 14. The van der Waals surface area contributed by atoms with E-state index in [1.54, 1.807) is 34.5 Å². The molecule has 3 aromatic rings. The number of nitriles is 1. The number of alkyl halides is 2. The molecule has 0 spiro atoms. The van der Waals surface area contributed by atoms with E-state index in [0.29, 0.717) is 66.9 Å². The number of aryl methyl sites for hydroxylation is 1. The second-order valence-corrected chi connectivity index (χ2v) is 13.3. The van der Waals surface area contributed by atoms with Crippen molar-refractivity contribution in [1.82, 2.24) is 19.9 Å². The van der Waals surface area contributed by atoms with Crippen LogP contribution in [0.5, 0.6) is 0 Å². The van der Waals surface area contributed by atoms with Crippen LogP contribution in [0, 0.1) is 17.2 Å². The van der Waals surface area contributed by atoms with E-state index in [1.165, 1.54) is 12.4 Å². The summed E-state index contributed by atoms with van der Waals surface area (Å²) in [7, 11) is 0. The average molecular weight is 623 g/mol. The Kier molecular flexibility index (Phi) is 10.3. The van der Waals surface area contributed by atoms with Gasteiger partial charge in [-0.25, -0.2) is 18.7 Å². The van der Waals surface area contributed by atoms with Gasteiger partial charge in [0.1, 0.15) is 24.1 Å². The molecular formula is C33H40F2N6O2S. The highest BCUT2D eigenvalue weighted by Crippen LogP contribution is 2.39. The fourth-order valence-electron chi connectivity index (χ4n) is 6.16. The fraction of sp³-hybridized carbons (Fsp3) is 0.545. The highest BCUT2D eigenvalue weighted by atomic mass is 32.2. The van der Waals surface area contributed by atoms with Crippen LogP contribution in [0.4, 0.5) is 14.6 Å². The van der Waals surface area contributed by atoms with Crippen molar-refractivity contribution in [1.29, 1.82) is 5.26 Å². The van der Waals surface area contributed by atoms with E-state index in [2.05, 4.69) is 26.7 Å². The first-order chi connectivity index (χ1) is 21.3. The molecule has 1 aromatic carbocycles. The number of benzene rings is 1. The third kappa shape index (κ3) is 6.97. The van der Waals surface area contributed by atoms with Crippen molar-refractivity contribution in [2.45, 2.75) is 82.2 Å². The number of unbranched alkanes of at least 4 members (excludes halogenated alkanes) is 4. The highest BCUT2D eigenvalue weighted by molar-refractivity contribution is 7.99. The molecule has 2 aliphatic rings. The Balaban J connectivity index is 1.48. The number of carbonyl (C=O) groups excluding carboxylic acids is 1. The summed E-state index contributed by atoms with van der Waals surface area (Å²) in [6.45, 7) is 3.56. The molecule has 2 aromatic heterocycles. The van der Waals surface area contributed by atoms with Crippen molar-refractivity contribution >= 4 is 34.9 Å². The Morgan fingerprint density at radius 1 is 1.20 bits per heavy atom. The van der Waals surface area contributed by atoms with Gasteiger partial charge in [0.25, 0.3) is 11.5 Å². The van der Waals surface area contributed by atoms with E-state index in [4.69, 9.17) is 0 Å². The normalized spacial score (nSPS) is 17.5. The van der Waals surface area contributed by atoms with Crippen LogP contribution >= 0.6 is 11.8 Å². The minimum absolute atomic E-state index is 0.00140. The molecular weight excluding hydrogens is 582 g/mol. The molecule has 44 heavy (non-hydrogen) atoms. The Bertz CT molecular complexity index is 1560. The van der Waals surface area contributed by atoms with Crippen molar-refractivity contribution in [2.24, 2.45) is 5.92 Å². The molecule has 4 heterocycles. The quantitative estimate of drug-likeness (QED) is 0.164. The van der Waals surface area contributed by atoms with E-state index in [0.717, 1.165) is 43.5 Å². The summed E-state index contributed by atoms with van der Waals surface area (Å²) in [6.07, 6.45) is 7.14. The number of hydrogen-bond donors (Lipinski definition) is 2. The topological polar surface area (TPSA) is 113 Å². The number of thioether (sulfide) groups is 1. The first-order valence-corrected chi connectivity index (χ1v) is 16.7. The third-order valence-corrected chi connectivity index (χ3v) is 9.97. The molecule has 1 atom stereocenters. The van der Waals surface area contributed by atoms with Crippen LogP contribution in [-0.4, -0.2) is 45.4 Å². The first-order valence-electron chi connectivity index (χ1n) is 15.5. The lowest BCUT2D eigenvalue weighted by atomic mass is 9.77. The van der Waals surface area contributed by atoms with Crippen molar-refractivity contribution in [3.05, 3.63) is 63.7 Å². The fourth-order valence-corrected chi connectivity index (χ4v) is 7.35. The zero-order valence-electron chi connectivity index (χ0n) is 25.2. The Morgan fingerprint density at radius 2 is 1.98 bits per heavy atom. The van der Waals surface area contributed by atoms with Crippen LogP contribution in [0.2, 0.25) is 0 Å². The average Bonchev–Trinajstić information content (AvgIpc) is 3.02. The summed E-state index contributed by atoms with van der Waals surface area (Å²) >= 11 is 1.79. The van der Waals surface area contributed by atoms with Gasteiger partial charge >= 0.3 is 0 Å². The summed E-state index contributed by atoms with van der Waals surface area (Å²) in [5.41, 5.74) is 0.543. The van der Waals surface area contributed by atoms with Crippen LogP contribution < -0.4 is 16.2 Å². The van der Waals surface area contributed by atoms with Gasteiger partial charge in [-0.05, 0) is 80.8 Å². The number of nitrogens with zero attached hydrogens (tertiary/aromatic N) is 4. The molecule has 234 valence electrons. The van der Waals surface area contributed by atoms with E-state index in [-0.39, 0.29) is 29.5 Å². The molecule has 2 N–H and O–H groups in total. The van der Waals surface area contributed by atoms with Crippen molar-refractivity contribution in [2.75, 3.05) is 29.9 Å². The van der Waals surface area contributed by atoms with E-state index in [9.17, 15) is 14.9 Å². The number of anilines is 1. The monoisotopic (exact) mass is 622 g/mol. The number of carbonyl (C=O) groups is 1. The lowest BCUT2D eigenvalue weighted by Crippen LogP contribution is -2.44. The third-order valence-electron chi connectivity index (χ3n) is 8.99. The number of aldehydes is 1. The maximum Gasteiger partial charge on any atom is 0.273 e. The van der Waals surface area contributed by atoms with E-state index < -0.39 is 11.3 Å². The molecule has 2 saturated heterocycles. The van der Waals surface area contributed by atoms with Crippen molar-refractivity contribution < 1.29 is 13.6 Å². The van der Waals surface area contributed by atoms with Crippen LogP contribution in [0.25, 0.3) is 11.0 Å². The minimum atomic E-state index is -2.92. The molecule has 0 amide bonds. The van der Waals surface area contributed by atoms with Gasteiger partial charge in [0.15, 0.2) is 0 Å². The number of halogens is 2. The molecule has 0 radical (unpaired) electrons. The zero-order chi connectivity index (χ0) is 31.2. The molecule has 5 rings (SSSR count). The number of fused-ring (bicyclic) bond motifs is 1. The lowest BCUT2D eigenvalue weighted by Gasteiger charge is -2.31. The van der Waals surface area contributed by atoms with Crippen LogP contribution in [0.1, 0.15) is 81.0 Å². The van der Waals surface area contributed by atoms with Gasteiger partial charge in [-0.2, -0.15) is 17.0 Å². The van der Waals surface area contributed by atoms with Gasteiger partial charge in [-0.1, -0.05) is 31.0 Å². The SMILES string of the molecule is C[C@@H](Nc1ncnc2c1cc(C1(C#N)CCSCC1)c(=O)n2CCCCCCC=O)c1cccc(C(F)(F)CC2CNC2)c1. The first kappa shape index (κ1) is 32.0. The van der Waals surface area contributed by atoms with E-state index in [1.807, 2.05) is 13.0 Å². The van der Waals surface area contributed by atoms with Gasteiger partial charge < -0.3 is 15.4 Å². The summed E-state index contributed by atoms with van der Waals surface area (Å²) in [5.74, 6) is -0.869. The molecule has 2 aliphatic heterocycles. The van der Waals surface area contributed by atoms with E-state index >= 15 is 8.78 Å². The van der Waals surface area contributed by atoms with Gasteiger partial charge in [0.2, 0.25) is 0 Å². The highest BCUT2D eigenvalue weighted by Gasteiger charge is 2.39. The molecule has 8 nitrogen and oxygen atoms in total. The number of aromatic nitrogens is 3. The number of hydrogen-bond acceptors (Lipinski definition) is 8. The molecule has 0 bridgehead atoms. The van der Waals surface area contributed by atoms with Gasteiger partial charge in [-0.3, -0.25) is 9.36 Å².